The molecule has 0 aromatic heterocycles. The first-order chi connectivity index (χ1) is 8.01. The quantitative estimate of drug-likeness (QED) is 0.610. The second kappa shape index (κ2) is 6.00. The van der Waals surface area contributed by atoms with Gasteiger partial charge in [-0.25, -0.2) is 0 Å². The molecule has 0 spiro atoms. The van der Waals surface area contributed by atoms with Gasteiger partial charge in [0.1, 0.15) is 10.6 Å². The van der Waals surface area contributed by atoms with Gasteiger partial charge in [-0.2, -0.15) is 8.42 Å². The minimum atomic E-state index is -3.78. The first kappa shape index (κ1) is 14.0. The first-order valence-electron chi connectivity index (χ1n) is 5.25. The van der Waals surface area contributed by atoms with Crippen LogP contribution in [0.15, 0.2) is 23.1 Å². The minimum absolute atomic E-state index is 0.0528. The van der Waals surface area contributed by atoms with Crippen LogP contribution in [0.1, 0.15) is 12.0 Å². The van der Waals surface area contributed by atoms with Crippen LogP contribution in [0.5, 0.6) is 5.75 Å². The predicted octanol–water partition coefficient (Wildman–Crippen LogP) is 1.06. The second-order valence-electron chi connectivity index (χ2n) is 3.57. The Labute approximate surface area is 102 Å². The third-order valence-corrected chi connectivity index (χ3v) is 3.51. The molecule has 6 heteroatoms. The van der Waals surface area contributed by atoms with Crippen LogP contribution in [0.3, 0.4) is 0 Å². The molecular formula is C11H17NO4S. The summed E-state index contributed by atoms with van der Waals surface area (Å²) in [5, 5.41) is 0. The molecular weight excluding hydrogens is 242 g/mol. The van der Waals surface area contributed by atoms with E-state index in [1.54, 1.807) is 19.1 Å². The fourth-order valence-electron chi connectivity index (χ4n) is 1.29. The molecule has 0 fully saturated rings. The van der Waals surface area contributed by atoms with Crippen LogP contribution in [-0.4, -0.2) is 28.7 Å². The van der Waals surface area contributed by atoms with E-state index in [1.165, 1.54) is 13.2 Å². The van der Waals surface area contributed by atoms with Crippen molar-refractivity contribution in [2.75, 3.05) is 20.3 Å². The zero-order chi connectivity index (χ0) is 12.9. The van der Waals surface area contributed by atoms with E-state index in [1.807, 2.05) is 0 Å². The van der Waals surface area contributed by atoms with E-state index >= 15 is 0 Å². The lowest BCUT2D eigenvalue weighted by molar-refractivity contribution is 0.311. The normalized spacial score (nSPS) is 11.5. The Bertz CT molecular complexity index is 470. The summed E-state index contributed by atoms with van der Waals surface area (Å²) in [5.74, 6) is 0.281. The number of hydrogen-bond donors (Lipinski definition) is 1. The summed E-state index contributed by atoms with van der Waals surface area (Å²) in [6.07, 6.45) is 0.493. The molecule has 0 bridgehead atoms. The smallest absolute Gasteiger partial charge is 0.300 e. The van der Waals surface area contributed by atoms with E-state index in [4.69, 9.17) is 14.7 Å². The molecule has 96 valence electrons. The van der Waals surface area contributed by atoms with Crippen molar-refractivity contribution in [2.45, 2.75) is 18.2 Å². The molecule has 1 aromatic carbocycles. The van der Waals surface area contributed by atoms with E-state index in [-0.39, 0.29) is 17.3 Å². The van der Waals surface area contributed by atoms with Crippen LogP contribution in [-0.2, 0) is 14.3 Å². The highest BCUT2D eigenvalue weighted by atomic mass is 32.2. The van der Waals surface area contributed by atoms with Crippen LogP contribution < -0.4 is 10.5 Å². The van der Waals surface area contributed by atoms with Crippen LogP contribution in [0, 0.1) is 6.92 Å². The number of hydrogen-bond acceptors (Lipinski definition) is 5. The number of ether oxygens (including phenoxy) is 1. The van der Waals surface area contributed by atoms with Gasteiger partial charge in [-0.05, 0) is 37.6 Å². The van der Waals surface area contributed by atoms with Crippen LogP contribution in [0.2, 0.25) is 0 Å². The van der Waals surface area contributed by atoms with Crippen molar-refractivity contribution >= 4 is 10.1 Å². The summed E-state index contributed by atoms with van der Waals surface area (Å²) in [4.78, 5) is 0.0528. The van der Waals surface area contributed by atoms with Crippen molar-refractivity contribution < 1.29 is 17.3 Å². The van der Waals surface area contributed by atoms with E-state index in [9.17, 15) is 8.42 Å². The highest BCUT2D eigenvalue weighted by Crippen LogP contribution is 2.26. The van der Waals surface area contributed by atoms with Crippen molar-refractivity contribution in [3.05, 3.63) is 23.8 Å². The predicted molar refractivity (Wildman–Crippen MR) is 64.5 cm³/mol. The standard InChI is InChI=1S/C11H17NO4S/c1-9-4-5-10(15-2)11(8-9)17(13,14)16-7-3-6-12/h4-5,8H,3,6-7,12H2,1-2H3. The van der Waals surface area contributed by atoms with Crippen molar-refractivity contribution in [1.29, 1.82) is 0 Å². The number of aryl methyl sites for hydroxylation is 1. The molecule has 0 atom stereocenters. The topological polar surface area (TPSA) is 78.6 Å². The summed E-state index contributed by atoms with van der Waals surface area (Å²) < 4.78 is 33.7. The third-order valence-electron chi connectivity index (χ3n) is 2.18. The van der Waals surface area contributed by atoms with Gasteiger partial charge in [0.25, 0.3) is 0 Å². The van der Waals surface area contributed by atoms with Gasteiger partial charge in [0.2, 0.25) is 0 Å². The molecule has 1 aromatic rings. The van der Waals surface area contributed by atoms with Crippen LogP contribution in [0.4, 0.5) is 0 Å². The fourth-order valence-corrected chi connectivity index (χ4v) is 2.49. The molecule has 0 heterocycles. The summed E-state index contributed by atoms with van der Waals surface area (Å²) in [6.45, 7) is 2.27. The van der Waals surface area contributed by atoms with Crippen molar-refractivity contribution in [3.8, 4) is 5.75 Å². The van der Waals surface area contributed by atoms with Gasteiger partial charge < -0.3 is 10.5 Å². The highest BCUT2D eigenvalue weighted by molar-refractivity contribution is 7.86. The van der Waals surface area contributed by atoms with Crippen LogP contribution >= 0.6 is 0 Å². The van der Waals surface area contributed by atoms with Crippen molar-refractivity contribution in [1.82, 2.24) is 0 Å². The fraction of sp³-hybridized carbons (Fsp3) is 0.455. The SMILES string of the molecule is COc1ccc(C)cc1S(=O)(=O)OCCCN. The maximum atomic E-state index is 11.9. The lowest BCUT2D eigenvalue weighted by Gasteiger charge is -2.10. The van der Waals surface area contributed by atoms with E-state index in [2.05, 4.69) is 0 Å². The average molecular weight is 259 g/mol. The molecule has 1 rings (SSSR count). The number of benzene rings is 1. The zero-order valence-electron chi connectivity index (χ0n) is 9.97. The molecule has 2 N–H and O–H groups in total. The lowest BCUT2D eigenvalue weighted by Crippen LogP contribution is -2.12. The molecule has 5 nitrogen and oxygen atoms in total. The van der Waals surface area contributed by atoms with E-state index in [0.717, 1.165) is 5.56 Å². The number of methoxy groups -OCH3 is 1. The van der Waals surface area contributed by atoms with Gasteiger partial charge >= 0.3 is 10.1 Å². The Hall–Kier alpha value is -1.11. The molecule has 0 unspecified atom stereocenters. The molecule has 0 saturated heterocycles. The summed E-state index contributed by atoms with van der Waals surface area (Å²) >= 11 is 0. The van der Waals surface area contributed by atoms with Gasteiger partial charge in [-0.15, -0.1) is 0 Å². The zero-order valence-corrected chi connectivity index (χ0v) is 10.8. The molecule has 0 saturated carbocycles. The first-order valence-corrected chi connectivity index (χ1v) is 6.66. The Kier molecular flexibility index (Phi) is 4.92. The van der Waals surface area contributed by atoms with Crippen molar-refractivity contribution in [3.63, 3.8) is 0 Å². The van der Waals surface area contributed by atoms with Gasteiger partial charge in [0.05, 0.1) is 13.7 Å². The Morgan fingerprint density at radius 1 is 1.35 bits per heavy atom. The van der Waals surface area contributed by atoms with E-state index < -0.39 is 10.1 Å². The molecule has 0 radical (unpaired) electrons. The monoisotopic (exact) mass is 259 g/mol. The number of rotatable bonds is 6. The third kappa shape index (κ3) is 3.69. The maximum absolute atomic E-state index is 11.9. The van der Waals surface area contributed by atoms with Gasteiger partial charge in [0, 0.05) is 0 Å². The molecule has 0 aliphatic rings. The van der Waals surface area contributed by atoms with Gasteiger partial charge in [-0.1, -0.05) is 6.07 Å². The maximum Gasteiger partial charge on any atom is 0.300 e. The Morgan fingerprint density at radius 2 is 2.06 bits per heavy atom. The second-order valence-corrected chi connectivity index (χ2v) is 5.16. The molecule has 17 heavy (non-hydrogen) atoms. The molecule has 0 amide bonds. The Morgan fingerprint density at radius 3 is 2.65 bits per heavy atom. The lowest BCUT2D eigenvalue weighted by atomic mass is 10.2. The summed E-state index contributed by atoms with van der Waals surface area (Å²) in [7, 11) is -2.36. The van der Waals surface area contributed by atoms with Gasteiger partial charge in [0.15, 0.2) is 0 Å². The highest BCUT2D eigenvalue weighted by Gasteiger charge is 2.20. The summed E-state index contributed by atoms with van der Waals surface area (Å²) in [6, 6.07) is 4.91. The van der Waals surface area contributed by atoms with E-state index in [0.29, 0.717) is 13.0 Å². The molecule has 0 aliphatic carbocycles. The van der Waals surface area contributed by atoms with Crippen molar-refractivity contribution in [2.24, 2.45) is 5.73 Å². The minimum Gasteiger partial charge on any atom is -0.495 e. The number of nitrogens with two attached hydrogens (primary N) is 1. The molecule has 0 aliphatic heterocycles. The summed E-state index contributed by atoms with van der Waals surface area (Å²) in [5.41, 5.74) is 6.10. The largest absolute Gasteiger partial charge is 0.495 e. The van der Waals surface area contributed by atoms with Crippen LogP contribution in [0.25, 0.3) is 0 Å². The Balaban J connectivity index is 3.00. The average Bonchev–Trinajstić information content (AvgIpc) is 2.29. The van der Waals surface area contributed by atoms with Gasteiger partial charge in [-0.3, -0.25) is 4.18 Å².